The molecule has 0 heterocycles. The van der Waals surface area contributed by atoms with Crippen LogP contribution in [0.25, 0.3) is 0 Å². The van der Waals surface area contributed by atoms with E-state index in [0.29, 0.717) is 32.7 Å². The zero-order chi connectivity index (χ0) is 8.53. The van der Waals surface area contributed by atoms with E-state index in [-0.39, 0.29) is 5.24 Å². The average molecular weight is 181 g/mol. The molecule has 0 radical (unpaired) electrons. The van der Waals surface area contributed by atoms with Gasteiger partial charge in [0.2, 0.25) is 5.24 Å². The first-order chi connectivity index (χ1) is 5.27. The van der Waals surface area contributed by atoms with E-state index in [4.69, 9.17) is 21.1 Å². The molecule has 0 unspecified atom stereocenters. The normalized spacial score (nSPS) is 10.0. The van der Waals surface area contributed by atoms with Gasteiger partial charge in [-0.05, 0) is 18.0 Å². The smallest absolute Gasteiger partial charge is 0.221 e. The standard InChI is InChI=1S/C7H13ClO3/c1-10-5-6-11-4-2-3-7(8)9/h2-6H2,1H3. The number of carbonyl (C=O) groups excluding carboxylic acids is 1. The molecule has 0 saturated heterocycles. The lowest BCUT2D eigenvalue weighted by Gasteiger charge is -2.00. The fourth-order valence-electron chi connectivity index (χ4n) is 0.558. The molecule has 0 spiro atoms. The fraction of sp³-hybridized carbons (Fsp3) is 0.857. The summed E-state index contributed by atoms with van der Waals surface area (Å²) in [6.07, 6.45) is 1.07. The monoisotopic (exact) mass is 180 g/mol. The third-order valence-electron chi connectivity index (χ3n) is 1.09. The van der Waals surface area contributed by atoms with E-state index >= 15 is 0 Å². The second-order valence-electron chi connectivity index (χ2n) is 2.06. The summed E-state index contributed by atoms with van der Waals surface area (Å²) in [6.45, 7) is 1.74. The number of methoxy groups -OCH3 is 1. The first kappa shape index (κ1) is 10.9. The Balaban J connectivity index is 2.85. The van der Waals surface area contributed by atoms with Gasteiger partial charge in [-0.2, -0.15) is 0 Å². The Labute approximate surface area is 71.6 Å². The largest absolute Gasteiger partial charge is 0.382 e. The maximum atomic E-state index is 10.2. The molecule has 0 rings (SSSR count). The van der Waals surface area contributed by atoms with Crippen LogP contribution in [0, 0.1) is 0 Å². The summed E-state index contributed by atoms with van der Waals surface area (Å²) in [7, 11) is 1.62. The van der Waals surface area contributed by atoms with Gasteiger partial charge < -0.3 is 9.47 Å². The summed E-state index contributed by atoms with van der Waals surface area (Å²) in [5.41, 5.74) is 0. The van der Waals surface area contributed by atoms with Crippen LogP contribution < -0.4 is 0 Å². The van der Waals surface area contributed by atoms with Gasteiger partial charge in [0, 0.05) is 20.1 Å². The van der Waals surface area contributed by atoms with Crippen LogP contribution in [0.4, 0.5) is 0 Å². The molecule has 0 aromatic carbocycles. The molecular weight excluding hydrogens is 168 g/mol. The molecule has 0 atom stereocenters. The molecular formula is C7H13ClO3. The van der Waals surface area contributed by atoms with Crippen LogP contribution in [-0.2, 0) is 14.3 Å². The van der Waals surface area contributed by atoms with Crippen molar-refractivity contribution in [3.05, 3.63) is 0 Å². The lowest BCUT2D eigenvalue weighted by molar-refractivity contribution is -0.112. The highest BCUT2D eigenvalue weighted by Gasteiger charge is 1.94. The third kappa shape index (κ3) is 9.88. The van der Waals surface area contributed by atoms with Crippen molar-refractivity contribution < 1.29 is 14.3 Å². The van der Waals surface area contributed by atoms with Gasteiger partial charge in [0.25, 0.3) is 0 Å². The summed E-state index contributed by atoms with van der Waals surface area (Å²) in [6, 6.07) is 0. The fourth-order valence-corrected chi connectivity index (χ4v) is 0.691. The Morgan fingerprint density at radius 3 is 2.64 bits per heavy atom. The number of hydrogen-bond acceptors (Lipinski definition) is 3. The van der Waals surface area contributed by atoms with Crippen molar-refractivity contribution in [3.63, 3.8) is 0 Å². The number of ether oxygens (including phenoxy) is 2. The topological polar surface area (TPSA) is 35.5 Å². The zero-order valence-electron chi connectivity index (χ0n) is 6.64. The molecule has 0 aromatic heterocycles. The van der Waals surface area contributed by atoms with Crippen LogP contribution in [0.15, 0.2) is 0 Å². The molecule has 0 aromatic rings. The Morgan fingerprint density at radius 2 is 2.09 bits per heavy atom. The van der Waals surface area contributed by atoms with E-state index in [1.165, 1.54) is 0 Å². The van der Waals surface area contributed by atoms with Crippen molar-refractivity contribution in [1.29, 1.82) is 0 Å². The highest BCUT2D eigenvalue weighted by molar-refractivity contribution is 6.63. The summed E-state index contributed by atoms with van der Waals surface area (Å²) in [4.78, 5) is 10.2. The zero-order valence-corrected chi connectivity index (χ0v) is 7.39. The van der Waals surface area contributed by atoms with Gasteiger partial charge in [-0.3, -0.25) is 4.79 Å². The molecule has 0 aliphatic carbocycles. The van der Waals surface area contributed by atoms with E-state index in [2.05, 4.69) is 0 Å². The highest BCUT2D eigenvalue weighted by atomic mass is 35.5. The second kappa shape index (κ2) is 7.98. The van der Waals surface area contributed by atoms with E-state index in [1.807, 2.05) is 0 Å². The number of rotatable bonds is 7. The van der Waals surface area contributed by atoms with Crippen LogP contribution in [0.2, 0.25) is 0 Å². The molecule has 11 heavy (non-hydrogen) atoms. The Bertz CT molecular complexity index is 106. The molecule has 0 aliphatic rings. The summed E-state index contributed by atoms with van der Waals surface area (Å²) < 4.78 is 9.84. The van der Waals surface area contributed by atoms with Crippen LogP contribution in [-0.4, -0.2) is 32.2 Å². The van der Waals surface area contributed by atoms with Gasteiger partial charge in [0.15, 0.2) is 0 Å². The Morgan fingerprint density at radius 1 is 1.36 bits per heavy atom. The van der Waals surface area contributed by atoms with Gasteiger partial charge in [-0.15, -0.1) is 0 Å². The molecule has 0 saturated carbocycles. The summed E-state index contributed by atoms with van der Waals surface area (Å²) in [5, 5.41) is -0.305. The van der Waals surface area contributed by atoms with Gasteiger partial charge >= 0.3 is 0 Å². The quantitative estimate of drug-likeness (QED) is 0.436. The van der Waals surface area contributed by atoms with Crippen molar-refractivity contribution in [3.8, 4) is 0 Å². The van der Waals surface area contributed by atoms with Crippen molar-refractivity contribution >= 4 is 16.8 Å². The second-order valence-corrected chi connectivity index (χ2v) is 2.49. The van der Waals surface area contributed by atoms with Crippen LogP contribution in [0.1, 0.15) is 12.8 Å². The van der Waals surface area contributed by atoms with Gasteiger partial charge in [0.1, 0.15) is 0 Å². The van der Waals surface area contributed by atoms with E-state index in [1.54, 1.807) is 7.11 Å². The summed E-state index contributed by atoms with van der Waals surface area (Å²) in [5.74, 6) is 0. The summed E-state index contributed by atoms with van der Waals surface area (Å²) >= 11 is 5.10. The van der Waals surface area contributed by atoms with Crippen molar-refractivity contribution in [2.24, 2.45) is 0 Å². The van der Waals surface area contributed by atoms with Gasteiger partial charge in [0.05, 0.1) is 13.2 Å². The minimum absolute atomic E-state index is 0.305. The highest BCUT2D eigenvalue weighted by Crippen LogP contribution is 1.94. The molecule has 0 aliphatic heterocycles. The molecule has 3 nitrogen and oxygen atoms in total. The van der Waals surface area contributed by atoms with Crippen LogP contribution >= 0.6 is 11.6 Å². The van der Waals surface area contributed by atoms with E-state index < -0.39 is 0 Å². The maximum Gasteiger partial charge on any atom is 0.221 e. The molecule has 66 valence electrons. The molecule has 0 N–H and O–H groups in total. The molecule has 0 bridgehead atoms. The average Bonchev–Trinajstić information content (AvgIpc) is 1.96. The molecule has 0 fully saturated rings. The van der Waals surface area contributed by atoms with E-state index in [0.717, 1.165) is 0 Å². The maximum absolute atomic E-state index is 10.2. The molecule has 4 heteroatoms. The van der Waals surface area contributed by atoms with Crippen molar-refractivity contribution in [1.82, 2.24) is 0 Å². The van der Waals surface area contributed by atoms with Gasteiger partial charge in [-0.25, -0.2) is 0 Å². The van der Waals surface area contributed by atoms with Crippen molar-refractivity contribution in [2.75, 3.05) is 26.9 Å². The SMILES string of the molecule is COCCOCCCC(=O)Cl. The first-order valence-corrected chi connectivity index (χ1v) is 3.90. The van der Waals surface area contributed by atoms with Crippen LogP contribution in [0.3, 0.4) is 0 Å². The van der Waals surface area contributed by atoms with Crippen molar-refractivity contribution in [2.45, 2.75) is 12.8 Å². The lowest BCUT2D eigenvalue weighted by atomic mass is 10.3. The lowest BCUT2D eigenvalue weighted by Crippen LogP contribution is -2.03. The number of carbonyl (C=O) groups is 1. The number of halogens is 1. The first-order valence-electron chi connectivity index (χ1n) is 3.52. The Kier molecular flexibility index (Phi) is 7.89. The van der Waals surface area contributed by atoms with Gasteiger partial charge in [-0.1, -0.05) is 0 Å². The predicted octanol–water partition coefficient (Wildman–Crippen LogP) is 1.20. The Hall–Kier alpha value is -0.120. The predicted molar refractivity (Wildman–Crippen MR) is 42.8 cm³/mol. The minimum atomic E-state index is -0.305. The minimum Gasteiger partial charge on any atom is -0.382 e. The van der Waals surface area contributed by atoms with E-state index in [9.17, 15) is 4.79 Å². The molecule has 0 amide bonds. The number of hydrogen-bond donors (Lipinski definition) is 0. The van der Waals surface area contributed by atoms with Crippen LogP contribution in [0.5, 0.6) is 0 Å². The third-order valence-corrected chi connectivity index (χ3v) is 1.28.